The smallest absolute Gasteiger partial charge is 0.156 e. The lowest BCUT2D eigenvalue weighted by Crippen LogP contribution is -1.99. The molecule has 0 atom stereocenters. The number of benzene rings is 2. The van der Waals surface area contributed by atoms with Crippen molar-refractivity contribution in [1.29, 1.82) is 0 Å². The Hall–Kier alpha value is -2.66. The summed E-state index contributed by atoms with van der Waals surface area (Å²) in [5.74, 6) is 0.865. The Bertz CT molecular complexity index is 882. The van der Waals surface area contributed by atoms with Gasteiger partial charge in [-0.15, -0.1) is 11.3 Å². The topological polar surface area (TPSA) is 53.6 Å². The third-order valence-electron chi connectivity index (χ3n) is 3.56. The minimum atomic E-state index is 0.681. The maximum atomic E-state index is 4.42. The molecule has 2 aromatic carbocycles. The predicted octanol–water partition coefficient (Wildman–Crippen LogP) is 4.30. The van der Waals surface area contributed by atoms with E-state index in [0.29, 0.717) is 6.54 Å². The van der Waals surface area contributed by atoms with Crippen molar-refractivity contribution in [2.24, 2.45) is 0 Å². The van der Waals surface area contributed by atoms with Crippen LogP contribution >= 0.6 is 11.3 Å². The van der Waals surface area contributed by atoms with Crippen LogP contribution in [-0.2, 0) is 6.54 Å². The van der Waals surface area contributed by atoms with Gasteiger partial charge in [-0.2, -0.15) is 5.10 Å². The summed E-state index contributed by atoms with van der Waals surface area (Å²) in [5, 5.41) is 15.1. The molecule has 0 aliphatic carbocycles. The molecular weight excluding hydrogens is 292 g/mol. The van der Waals surface area contributed by atoms with Gasteiger partial charge in [-0.1, -0.05) is 42.5 Å². The molecule has 2 aromatic heterocycles. The normalized spacial score (nSPS) is 10.9. The monoisotopic (exact) mass is 306 g/mol. The molecule has 22 heavy (non-hydrogen) atoms. The molecule has 4 rings (SSSR count). The first kappa shape index (κ1) is 13.0. The Morgan fingerprint density at radius 2 is 1.95 bits per heavy atom. The Balaban J connectivity index is 1.76. The van der Waals surface area contributed by atoms with Crippen LogP contribution in [0.5, 0.6) is 0 Å². The highest BCUT2D eigenvalue weighted by molar-refractivity contribution is 7.09. The molecule has 5 heteroatoms. The van der Waals surface area contributed by atoms with Gasteiger partial charge in [0.15, 0.2) is 5.82 Å². The molecule has 0 radical (unpaired) electrons. The van der Waals surface area contributed by atoms with E-state index in [-0.39, 0.29) is 0 Å². The van der Waals surface area contributed by atoms with E-state index < -0.39 is 0 Å². The second-order valence-corrected chi connectivity index (χ2v) is 5.92. The Labute approximate surface area is 131 Å². The molecule has 4 nitrogen and oxygen atoms in total. The van der Waals surface area contributed by atoms with Crippen molar-refractivity contribution in [3.05, 3.63) is 65.1 Å². The molecule has 0 bridgehead atoms. The van der Waals surface area contributed by atoms with Crippen LogP contribution in [0.2, 0.25) is 0 Å². The van der Waals surface area contributed by atoms with Crippen molar-refractivity contribution in [2.45, 2.75) is 6.54 Å². The van der Waals surface area contributed by atoms with Crippen molar-refractivity contribution in [3.63, 3.8) is 0 Å². The maximum absolute atomic E-state index is 4.42. The van der Waals surface area contributed by atoms with E-state index in [2.05, 4.69) is 50.8 Å². The third-order valence-corrected chi connectivity index (χ3v) is 4.34. The zero-order chi connectivity index (χ0) is 14.8. The minimum absolute atomic E-state index is 0.681. The minimum Gasteiger partial charge on any atom is -0.362 e. The number of fused-ring (bicyclic) bond motifs is 1. The number of aromatic nitrogens is 3. The molecule has 2 heterocycles. The van der Waals surface area contributed by atoms with Gasteiger partial charge in [0.05, 0.1) is 17.4 Å². The van der Waals surface area contributed by atoms with E-state index >= 15 is 0 Å². The molecular formula is C17H14N4S. The van der Waals surface area contributed by atoms with Crippen molar-refractivity contribution in [2.75, 3.05) is 5.32 Å². The molecule has 0 aliphatic rings. The van der Waals surface area contributed by atoms with Gasteiger partial charge >= 0.3 is 0 Å². The van der Waals surface area contributed by atoms with Crippen LogP contribution < -0.4 is 5.32 Å². The molecule has 0 saturated heterocycles. The molecule has 0 amide bonds. The van der Waals surface area contributed by atoms with Gasteiger partial charge in [0.25, 0.3) is 0 Å². The van der Waals surface area contributed by atoms with Crippen LogP contribution in [0.25, 0.3) is 22.0 Å². The molecule has 0 saturated carbocycles. The first-order chi connectivity index (χ1) is 10.9. The predicted molar refractivity (Wildman–Crippen MR) is 91.0 cm³/mol. The number of thiazole rings is 1. The first-order valence-corrected chi connectivity index (χ1v) is 7.94. The number of hydrogen-bond acceptors (Lipinski definition) is 4. The highest BCUT2D eigenvalue weighted by Crippen LogP contribution is 2.32. The lowest BCUT2D eigenvalue weighted by molar-refractivity contribution is 1.05. The van der Waals surface area contributed by atoms with Gasteiger partial charge < -0.3 is 5.32 Å². The second kappa shape index (κ2) is 5.61. The maximum Gasteiger partial charge on any atom is 0.156 e. The standard InChI is InChI=1S/C17H14N4S/c1-2-5-12(6-3-1)13-7-4-8-14-16(13)17(21-20-14)19-11-15-18-9-10-22-15/h1-10H,11H2,(H2,19,20,21). The summed E-state index contributed by atoms with van der Waals surface area (Å²) in [5.41, 5.74) is 3.39. The summed E-state index contributed by atoms with van der Waals surface area (Å²) >= 11 is 1.64. The largest absolute Gasteiger partial charge is 0.362 e. The Morgan fingerprint density at radius 3 is 2.77 bits per heavy atom. The summed E-state index contributed by atoms with van der Waals surface area (Å²) in [7, 11) is 0. The summed E-state index contributed by atoms with van der Waals surface area (Å²) in [6.45, 7) is 0.681. The van der Waals surface area contributed by atoms with Crippen LogP contribution in [0.15, 0.2) is 60.1 Å². The highest BCUT2D eigenvalue weighted by atomic mass is 32.1. The summed E-state index contributed by atoms with van der Waals surface area (Å²) in [6.07, 6.45) is 1.82. The van der Waals surface area contributed by atoms with Gasteiger partial charge in [-0.3, -0.25) is 5.10 Å². The van der Waals surface area contributed by atoms with Crippen molar-refractivity contribution >= 4 is 28.1 Å². The van der Waals surface area contributed by atoms with E-state index in [0.717, 1.165) is 21.7 Å². The summed E-state index contributed by atoms with van der Waals surface area (Å²) in [4.78, 5) is 4.29. The number of nitrogens with one attached hydrogen (secondary N) is 2. The lowest BCUT2D eigenvalue weighted by Gasteiger charge is -2.06. The van der Waals surface area contributed by atoms with Crippen LogP contribution in [0.3, 0.4) is 0 Å². The zero-order valence-electron chi connectivity index (χ0n) is 11.8. The number of rotatable bonds is 4. The molecule has 0 fully saturated rings. The number of nitrogens with zero attached hydrogens (tertiary/aromatic N) is 2. The van der Waals surface area contributed by atoms with Gasteiger partial charge in [0.2, 0.25) is 0 Å². The van der Waals surface area contributed by atoms with Gasteiger partial charge in [-0.05, 0) is 17.2 Å². The molecule has 108 valence electrons. The number of anilines is 1. The van der Waals surface area contributed by atoms with Gasteiger partial charge in [0, 0.05) is 11.6 Å². The first-order valence-electron chi connectivity index (χ1n) is 7.06. The Kier molecular flexibility index (Phi) is 3.33. The van der Waals surface area contributed by atoms with Crippen molar-refractivity contribution in [1.82, 2.24) is 15.2 Å². The fourth-order valence-corrected chi connectivity index (χ4v) is 3.11. The van der Waals surface area contributed by atoms with Crippen LogP contribution in [-0.4, -0.2) is 15.2 Å². The average molecular weight is 306 g/mol. The molecule has 0 unspecified atom stereocenters. The third kappa shape index (κ3) is 2.35. The van der Waals surface area contributed by atoms with E-state index in [4.69, 9.17) is 0 Å². The molecule has 0 aliphatic heterocycles. The van der Waals surface area contributed by atoms with Gasteiger partial charge in [0.1, 0.15) is 5.01 Å². The van der Waals surface area contributed by atoms with Crippen molar-refractivity contribution in [3.8, 4) is 11.1 Å². The number of hydrogen-bond donors (Lipinski definition) is 2. The second-order valence-electron chi connectivity index (χ2n) is 4.95. The van der Waals surface area contributed by atoms with Crippen molar-refractivity contribution < 1.29 is 0 Å². The Morgan fingerprint density at radius 1 is 1.05 bits per heavy atom. The molecule has 2 N–H and O–H groups in total. The fraction of sp³-hybridized carbons (Fsp3) is 0.0588. The summed E-state index contributed by atoms with van der Waals surface area (Å²) in [6, 6.07) is 16.6. The fourth-order valence-electron chi connectivity index (χ4n) is 2.56. The van der Waals surface area contributed by atoms with Gasteiger partial charge in [-0.25, -0.2) is 4.98 Å². The van der Waals surface area contributed by atoms with Crippen LogP contribution in [0, 0.1) is 0 Å². The summed E-state index contributed by atoms with van der Waals surface area (Å²) < 4.78 is 0. The number of H-pyrrole nitrogens is 1. The van der Waals surface area contributed by atoms with E-state index in [1.165, 1.54) is 11.1 Å². The van der Waals surface area contributed by atoms with Crippen LogP contribution in [0.1, 0.15) is 5.01 Å². The lowest BCUT2D eigenvalue weighted by atomic mass is 10.0. The molecule has 0 spiro atoms. The van der Waals surface area contributed by atoms with Crippen LogP contribution in [0.4, 0.5) is 5.82 Å². The average Bonchev–Trinajstić information content (AvgIpc) is 3.23. The van der Waals surface area contributed by atoms with E-state index in [9.17, 15) is 0 Å². The molecule has 4 aromatic rings. The SMILES string of the molecule is c1ccc(-c2cccc3[nH]nc(NCc4nccs4)c23)cc1. The van der Waals surface area contributed by atoms with E-state index in [1.807, 2.05) is 29.8 Å². The van der Waals surface area contributed by atoms with E-state index in [1.54, 1.807) is 11.3 Å². The quantitative estimate of drug-likeness (QED) is 0.591. The zero-order valence-corrected chi connectivity index (χ0v) is 12.6. The highest BCUT2D eigenvalue weighted by Gasteiger charge is 2.11. The number of aromatic amines is 1.